The van der Waals surface area contributed by atoms with Crippen LogP contribution in [0.15, 0.2) is 71.9 Å². The van der Waals surface area contributed by atoms with Crippen molar-refractivity contribution < 1.29 is 81.8 Å². The van der Waals surface area contributed by atoms with Crippen LogP contribution in [-0.2, 0) is 57.2 Å². The molecule has 3 aliphatic heterocycles. The Bertz CT molecular complexity index is 3140. The van der Waals surface area contributed by atoms with Crippen molar-refractivity contribution in [3.8, 4) is 5.75 Å². The monoisotopic (exact) mass is 1610 g/mol. The number of cyclic esters (lactones) is 1. The van der Waals surface area contributed by atoms with Gasteiger partial charge >= 0.3 is 17.9 Å². The second-order valence-electron chi connectivity index (χ2n) is 25.4. The van der Waals surface area contributed by atoms with Gasteiger partial charge in [0.05, 0.1) is 57.6 Å². The van der Waals surface area contributed by atoms with Crippen LogP contribution in [0.3, 0.4) is 0 Å². The van der Waals surface area contributed by atoms with Crippen LogP contribution in [0, 0.1) is 52.1 Å². The molecular formula is C69H90I3N3O17. The van der Waals surface area contributed by atoms with E-state index in [2.05, 4.69) is 10.6 Å². The number of ketones is 3. The minimum Gasteiger partial charge on any atom is -0.460 e. The molecule has 0 spiro atoms. The fraction of sp³-hybridized carbons (Fsp3) is 0.580. The Hall–Kier alpha value is -4.78. The van der Waals surface area contributed by atoms with Crippen molar-refractivity contribution in [3.05, 3.63) is 93.7 Å². The molecule has 2 aromatic carbocycles. The van der Waals surface area contributed by atoms with Crippen LogP contribution in [0.5, 0.6) is 5.75 Å². The molecule has 3 amide bonds. The number of benzene rings is 2. The van der Waals surface area contributed by atoms with Crippen LogP contribution in [0.4, 0.5) is 11.4 Å². The van der Waals surface area contributed by atoms with Gasteiger partial charge in [0.2, 0.25) is 17.6 Å². The summed E-state index contributed by atoms with van der Waals surface area (Å²) in [7, 11) is 3.09. The number of ether oxygens (including phenoxy) is 6. The van der Waals surface area contributed by atoms with Crippen LogP contribution in [-0.4, -0.2) is 137 Å². The number of amides is 3. The summed E-state index contributed by atoms with van der Waals surface area (Å²) in [6.07, 6.45) is 11.2. The topological polar surface area (TPSA) is 277 Å². The molecule has 6 rings (SSSR count). The first kappa shape index (κ1) is 76.2. The number of rotatable bonds is 11. The van der Waals surface area contributed by atoms with Gasteiger partial charge in [0.25, 0.3) is 11.7 Å². The van der Waals surface area contributed by atoms with Gasteiger partial charge in [0.15, 0.2) is 0 Å². The molecule has 4 N–H and O–H groups in total. The Balaban J connectivity index is 1.21. The van der Waals surface area contributed by atoms with E-state index < -0.39 is 102 Å². The number of Topliss-reactive ketones (excluding diaryl/α,β-unsaturated/α-hetero) is 3. The predicted octanol–water partition coefficient (Wildman–Crippen LogP) is 11.6. The highest BCUT2D eigenvalue weighted by molar-refractivity contribution is 14.1. The van der Waals surface area contributed by atoms with Crippen LogP contribution >= 0.6 is 67.8 Å². The zero-order chi connectivity index (χ0) is 68.1. The first-order valence-electron chi connectivity index (χ1n) is 31.7. The Kier molecular flexibility index (Phi) is 28.8. The van der Waals surface area contributed by atoms with Gasteiger partial charge in [0.1, 0.15) is 35.6 Å². The number of halogens is 3. The van der Waals surface area contributed by atoms with E-state index in [4.69, 9.17) is 28.4 Å². The molecular weight excluding hydrogens is 1520 g/mol. The molecule has 0 aromatic heterocycles. The molecule has 3 fully saturated rings. The maximum atomic E-state index is 14.7. The summed E-state index contributed by atoms with van der Waals surface area (Å²) in [5.74, 6) is -11.2. The lowest BCUT2D eigenvalue weighted by Gasteiger charge is -2.42. The van der Waals surface area contributed by atoms with Crippen molar-refractivity contribution in [1.29, 1.82) is 0 Å². The standard InChI is InChI=1S/C69H90I3N3O17/c1-36-18-14-13-15-19-37(2)53(87-11)34-49-25-21-42(7)69(86,92-49)64(81)65(82)75-29-17-16-20-50(75)67(84)91-54(35-51(78)38(3)31-41(6)63(80)43(8)62(79)40(5)30-36)39(4)32-46-22-28-52(55(33-46)88-12)90-66(83)47-23-26-48(27-24-47)89-68(85)56-57(70)60(73-44(9)76)59(72)61(58(56)71)74-45(10)77/h13-15,18-19,23-24,26-27,31,36,38-40,42-43,46,49-50,52-55,63,80,86H,16-17,20-22,25,28-30,32-35H2,1-12H3,(H,73,76)(H,74,77)/b15-13+,18-14+,37-19+,41-31+/t36-,38-,39-,40-,42-,43+,46+,49+,50+,52-,53+,54+,55-,63-,69-/m1/s1. The predicted molar refractivity (Wildman–Crippen MR) is 371 cm³/mol. The van der Waals surface area contributed by atoms with Gasteiger partial charge in [-0.1, -0.05) is 78.0 Å². The summed E-state index contributed by atoms with van der Waals surface area (Å²) in [5.41, 5.74) is 2.26. The number of esters is 3. The second-order valence-corrected chi connectivity index (χ2v) is 28.7. The summed E-state index contributed by atoms with van der Waals surface area (Å²) in [4.78, 5) is 125. The molecule has 1 saturated carbocycles. The van der Waals surface area contributed by atoms with Crippen LogP contribution in [0.1, 0.15) is 167 Å². The highest BCUT2D eigenvalue weighted by atomic mass is 127. The minimum atomic E-state index is -2.49. The molecule has 0 radical (unpaired) electrons. The molecule has 15 atom stereocenters. The molecule has 2 bridgehead atoms. The molecule has 2 aromatic rings. The zero-order valence-corrected chi connectivity index (χ0v) is 61.1. The fourth-order valence-electron chi connectivity index (χ4n) is 12.8. The van der Waals surface area contributed by atoms with E-state index in [0.717, 1.165) is 5.57 Å². The number of anilines is 2. The van der Waals surface area contributed by atoms with E-state index in [1.54, 1.807) is 40.9 Å². The van der Waals surface area contributed by atoms with Crippen molar-refractivity contribution in [2.45, 2.75) is 195 Å². The van der Waals surface area contributed by atoms with E-state index in [0.29, 0.717) is 85.4 Å². The first-order chi connectivity index (χ1) is 43.4. The average molecular weight is 1610 g/mol. The number of carbonyl (C=O) groups excluding carboxylic acids is 9. The maximum Gasteiger partial charge on any atom is 0.345 e. The highest BCUT2D eigenvalue weighted by Gasteiger charge is 2.53. The number of hydrogen-bond donors (Lipinski definition) is 4. The number of aliphatic hydroxyl groups is 2. The molecule has 1 aliphatic carbocycles. The summed E-state index contributed by atoms with van der Waals surface area (Å²) in [5, 5.41) is 29.1. The number of hydrogen-bond acceptors (Lipinski definition) is 17. The lowest BCUT2D eigenvalue weighted by Crippen LogP contribution is -2.61. The van der Waals surface area contributed by atoms with Gasteiger partial charge in [0, 0.05) is 71.1 Å². The third kappa shape index (κ3) is 19.7. The van der Waals surface area contributed by atoms with Crippen molar-refractivity contribution >= 4 is 132 Å². The SMILES string of the molecule is CO[C@H]1C[C@@H]2CC[C@@H](C)[C@@](O)(O2)C(=O)C(=O)N2CCCC[C@H]2C(=O)O[C@H]([C@H](C)C[C@@H]2CC[C@@H](OC(=O)c3ccc(OC(=O)c4c(I)c(NC(C)=O)c(I)c(NC(C)=O)c4I)cc3)[C@H](OC)C2)CC(=O)[C@H](C)/C=C(\C)[C@@H](O)[C@@H](C)C(=O)[C@H](C)C[C@H](C)/C=C/C=C/C=C/1C. The van der Waals surface area contributed by atoms with Crippen molar-refractivity contribution in [1.82, 2.24) is 4.90 Å². The molecule has 23 heteroatoms. The van der Waals surface area contributed by atoms with E-state index >= 15 is 0 Å². The third-order valence-electron chi connectivity index (χ3n) is 18.2. The maximum absolute atomic E-state index is 14.7. The lowest BCUT2D eigenvalue weighted by molar-refractivity contribution is -0.265. The smallest absolute Gasteiger partial charge is 0.345 e. The van der Waals surface area contributed by atoms with Crippen molar-refractivity contribution in [2.24, 2.45) is 41.4 Å². The number of allylic oxidation sites excluding steroid dienone is 6. The van der Waals surface area contributed by atoms with Gasteiger partial charge < -0.3 is 54.2 Å². The van der Waals surface area contributed by atoms with Gasteiger partial charge in [-0.25, -0.2) is 14.4 Å². The molecule has 92 heavy (non-hydrogen) atoms. The second kappa shape index (κ2) is 34.8. The molecule has 0 unspecified atom stereocenters. The zero-order valence-electron chi connectivity index (χ0n) is 54.6. The molecule has 3 heterocycles. The van der Waals surface area contributed by atoms with Crippen LogP contribution in [0.25, 0.3) is 0 Å². The van der Waals surface area contributed by atoms with Gasteiger partial charge in [-0.15, -0.1) is 0 Å². The van der Waals surface area contributed by atoms with Crippen molar-refractivity contribution in [2.75, 3.05) is 31.4 Å². The molecule has 20 nitrogen and oxygen atoms in total. The Morgan fingerprint density at radius 2 is 1.42 bits per heavy atom. The Morgan fingerprint density at radius 3 is 2.04 bits per heavy atom. The largest absolute Gasteiger partial charge is 0.460 e. The number of nitrogens with one attached hydrogen (secondary N) is 2. The quantitative estimate of drug-likeness (QED) is 0.0535. The van der Waals surface area contributed by atoms with E-state index in [1.165, 1.54) is 50.1 Å². The fourth-order valence-corrected chi connectivity index (χ4v) is 16.9. The summed E-state index contributed by atoms with van der Waals surface area (Å²) < 4.78 is 37.6. The summed E-state index contributed by atoms with van der Waals surface area (Å²) >= 11 is 5.88. The molecule has 504 valence electrons. The number of carbonyl (C=O) groups is 9. The highest BCUT2D eigenvalue weighted by Crippen LogP contribution is 2.41. The summed E-state index contributed by atoms with van der Waals surface area (Å²) in [6, 6.07) is 4.61. The van der Waals surface area contributed by atoms with Crippen LogP contribution < -0.4 is 15.4 Å². The number of piperidine rings is 1. The van der Waals surface area contributed by atoms with Crippen molar-refractivity contribution in [3.63, 3.8) is 0 Å². The van der Waals surface area contributed by atoms with E-state index in [-0.39, 0.29) is 83.8 Å². The normalized spacial score (nSPS) is 31.7. The first-order valence-corrected chi connectivity index (χ1v) is 34.9. The van der Waals surface area contributed by atoms with E-state index in [9.17, 15) is 53.4 Å². The van der Waals surface area contributed by atoms with Gasteiger partial charge in [-0.05, 0) is 199 Å². The minimum absolute atomic E-state index is 0.0287. The number of aliphatic hydroxyl groups excluding tert-OH is 1. The average Bonchev–Trinajstić information content (AvgIpc) is 0.811. The lowest BCUT2D eigenvalue weighted by atomic mass is 9.78. The Morgan fingerprint density at radius 1 is 0.772 bits per heavy atom. The van der Waals surface area contributed by atoms with E-state index in [1.807, 2.05) is 126 Å². The van der Waals surface area contributed by atoms with Gasteiger partial charge in [-0.2, -0.15) is 0 Å². The number of nitrogens with zero attached hydrogens (tertiary/aromatic N) is 1. The Labute approximate surface area is 581 Å². The number of fused-ring (bicyclic) bond motifs is 3. The molecule has 2 saturated heterocycles. The third-order valence-corrected chi connectivity index (χ3v) is 21.5. The van der Waals surface area contributed by atoms with Gasteiger partial charge in [-0.3, -0.25) is 28.8 Å². The molecule has 4 aliphatic rings. The van der Waals surface area contributed by atoms with Crippen LogP contribution in [0.2, 0.25) is 0 Å². The number of methoxy groups -OCH3 is 2. The summed E-state index contributed by atoms with van der Waals surface area (Å²) in [6.45, 7) is 17.1.